The van der Waals surface area contributed by atoms with E-state index in [2.05, 4.69) is 5.92 Å². The van der Waals surface area contributed by atoms with Crippen molar-refractivity contribution in [3.63, 3.8) is 0 Å². The SMILES string of the molecule is C#CCCCC(O)CCC(F)(F)F. The zero-order chi connectivity index (χ0) is 10.3. The highest BCUT2D eigenvalue weighted by Gasteiger charge is 2.27. The quantitative estimate of drug-likeness (QED) is 0.526. The van der Waals surface area contributed by atoms with Gasteiger partial charge in [0.1, 0.15) is 0 Å². The summed E-state index contributed by atoms with van der Waals surface area (Å²) < 4.78 is 35.0. The highest BCUT2D eigenvalue weighted by molar-refractivity contribution is 4.83. The predicted molar refractivity (Wildman–Crippen MR) is 44.0 cm³/mol. The number of rotatable bonds is 5. The summed E-state index contributed by atoms with van der Waals surface area (Å²) in [7, 11) is 0. The van der Waals surface area contributed by atoms with Gasteiger partial charge >= 0.3 is 6.18 Å². The van der Waals surface area contributed by atoms with Crippen LogP contribution in [0.5, 0.6) is 0 Å². The van der Waals surface area contributed by atoms with Crippen LogP contribution < -0.4 is 0 Å². The molecule has 0 spiro atoms. The Morgan fingerprint density at radius 2 is 1.92 bits per heavy atom. The van der Waals surface area contributed by atoms with E-state index in [1.807, 2.05) is 0 Å². The Morgan fingerprint density at radius 1 is 1.31 bits per heavy atom. The zero-order valence-corrected chi connectivity index (χ0v) is 7.27. The van der Waals surface area contributed by atoms with Crippen molar-refractivity contribution in [3.05, 3.63) is 0 Å². The fourth-order valence-electron chi connectivity index (χ4n) is 0.914. The predicted octanol–water partition coefficient (Wildman–Crippen LogP) is 2.49. The Hall–Kier alpha value is -0.690. The van der Waals surface area contributed by atoms with E-state index < -0.39 is 18.7 Å². The average molecular weight is 194 g/mol. The van der Waals surface area contributed by atoms with Crippen LogP contribution in [-0.2, 0) is 0 Å². The first kappa shape index (κ1) is 12.3. The van der Waals surface area contributed by atoms with E-state index in [1.54, 1.807) is 0 Å². The van der Waals surface area contributed by atoms with Gasteiger partial charge in [-0.3, -0.25) is 0 Å². The number of aliphatic hydroxyl groups is 1. The summed E-state index contributed by atoms with van der Waals surface area (Å²) in [4.78, 5) is 0. The second kappa shape index (κ2) is 5.87. The zero-order valence-electron chi connectivity index (χ0n) is 7.27. The largest absolute Gasteiger partial charge is 0.393 e. The number of terminal acetylenes is 1. The molecule has 0 radical (unpaired) electrons. The van der Waals surface area contributed by atoms with E-state index in [0.29, 0.717) is 19.3 Å². The molecule has 0 rings (SSSR count). The lowest BCUT2D eigenvalue weighted by atomic mass is 10.1. The first-order chi connectivity index (χ1) is 5.95. The van der Waals surface area contributed by atoms with E-state index in [1.165, 1.54) is 0 Å². The van der Waals surface area contributed by atoms with Gasteiger partial charge in [0.15, 0.2) is 0 Å². The lowest BCUT2D eigenvalue weighted by molar-refractivity contribution is -0.140. The van der Waals surface area contributed by atoms with Gasteiger partial charge in [0, 0.05) is 12.8 Å². The van der Waals surface area contributed by atoms with Gasteiger partial charge in [-0.2, -0.15) is 13.2 Å². The Morgan fingerprint density at radius 3 is 2.38 bits per heavy atom. The highest BCUT2D eigenvalue weighted by atomic mass is 19.4. The summed E-state index contributed by atoms with van der Waals surface area (Å²) in [6, 6.07) is 0. The second-order valence-corrected chi connectivity index (χ2v) is 2.90. The summed E-state index contributed by atoms with van der Waals surface area (Å²) in [5.41, 5.74) is 0. The van der Waals surface area contributed by atoms with Gasteiger partial charge < -0.3 is 5.11 Å². The molecule has 0 bridgehead atoms. The Balaban J connectivity index is 3.42. The number of halogens is 3. The van der Waals surface area contributed by atoms with Crippen LogP contribution in [0.25, 0.3) is 0 Å². The molecule has 0 heterocycles. The van der Waals surface area contributed by atoms with E-state index >= 15 is 0 Å². The first-order valence-electron chi connectivity index (χ1n) is 4.14. The second-order valence-electron chi connectivity index (χ2n) is 2.90. The van der Waals surface area contributed by atoms with Gasteiger partial charge in [-0.15, -0.1) is 12.3 Å². The number of unbranched alkanes of at least 4 members (excludes halogenated alkanes) is 1. The molecule has 1 unspecified atom stereocenters. The summed E-state index contributed by atoms with van der Waals surface area (Å²) in [6.07, 6.45) is 0.168. The minimum Gasteiger partial charge on any atom is -0.393 e. The minimum absolute atomic E-state index is 0.228. The Kier molecular flexibility index (Phi) is 5.56. The third kappa shape index (κ3) is 9.22. The molecule has 0 amide bonds. The maximum atomic E-state index is 11.7. The molecule has 0 aromatic heterocycles. The minimum atomic E-state index is -4.17. The van der Waals surface area contributed by atoms with Gasteiger partial charge in [-0.1, -0.05) is 0 Å². The molecule has 0 fully saturated rings. The van der Waals surface area contributed by atoms with Crippen LogP contribution in [0.1, 0.15) is 32.1 Å². The van der Waals surface area contributed by atoms with Crippen LogP contribution in [0.2, 0.25) is 0 Å². The van der Waals surface area contributed by atoms with Gasteiger partial charge in [-0.25, -0.2) is 0 Å². The van der Waals surface area contributed by atoms with Gasteiger partial charge in [0.25, 0.3) is 0 Å². The molecule has 76 valence electrons. The summed E-state index contributed by atoms with van der Waals surface area (Å²) in [6.45, 7) is 0. The maximum Gasteiger partial charge on any atom is 0.389 e. The average Bonchev–Trinajstić information content (AvgIpc) is 2.00. The van der Waals surface area contributed by atoms with Crippen LogP contribution in [0.15, 0.2) is 0 Å². The van der Waals surface area contributed by atoms with Crippen molar-refractivity contribution in [3.8, 4) is 12.3 Å². The topological polar surface area (TPSA) is 20.2 Å². The van der Waals surface area contributed by atoms with E-state index in [9.17, 15) is 13.2 Å². The van der Waals surface area contributed by atoms with Crippen molar-refractivity contribution >= 4 is 0 Å². The van der Waals surface area contributed by atoms with Crippen molar-refractivity contribution in [1.82, 2.24) is 0 Å². The molecule has 0 aliphatic carbocycles. The Bertz CT molecular complexity index is 169. The summed E-state index contributed by atoms with van der Waals surface area (Å²) in [5.74, 6) is 2.36. The van der Waals surface area contributed by atoms with E-state index in [-0.39, 0.29) is 6.42 Å². The summed E-state index contributed by atoms with van der Waals surface area (Å²) >= 11 is 0. The molecule has 0 aromatic carbocycles. The first-order valence-corrected chi connectivity index (χ1v) is 4.14. The molecule has 1 N–H and O–H groups in total. The fraction of sp³-hybridized carbons (Fsp3) is 0.778. The molecule has 4 heteroatoms. The van der Waals surface area contributed by atoms with Crippen LogP contribution in [0, 0.1) is 12.3 Å². The van der Waals surface area contributed by atoms with Crippen LogP contribution >= 0.6 is 0 Å². The number of aliphatic hydroxyl groups excluding tert-OH is 1. The maximum absolute atomic E-state index is 11.7. The molecular formula is C9H13F3O. The Labute approximate surface area is 75.9 Å². The van der Waals surface area contributed by atoms with Crippen LogP contribution in [0.3, 0.4) is 0 Å². The number of hydrogen-bond acceptors (Lipinski definition) is 1. The molecule has 0 saturated carbocycles. The van der Waals surface area contributed by atoms with Crippen LogP contribution in [-0.4, -0.2) is 17.4 Å². The third-order valence-electron chi connectivity index (χ3n) is 1.62. The van der Waals surface area contributed by atoms with Crippen molar-refractivity contribution < 1.29 is 18.3 Å². The highest BCUT2D eigenvalue weighted by Crippen LogP contribution is 2.23. The van der Waals surface area contributed by atoms with E-state index in [4.69, 9.17) is 11.5 Å². The molecule has 1 atom stereocenters. The fourth-order valence-corrected chi connectivity index (χ4v) is 0.914. The smallest absolute Gasteiger partial charge is 0.389 e. The molecule has 0 saturated heterocycles. The van der Waals surface area contributed by atoms with Gasteiger partial charge in [0.2, 0.25) is 0 Å². The molecule has 0 aromatic rings. The lowest BCUT2D eigenvalue weighted by Gasteiger charge is -2.11. The number of alkyl halides is 3. The molecular weight excluding hydrogens is 181 g/mol. The third-order valence-corrected chi connectivity index (χ3v) is 1.62. The lowest BCUT2D eigenvalue weighted by Crippen LogP contribution is -2.14. The molecule has 0 aliphatic heterocycles. The normalized spacial score (nSPS) is 13.8. The van der Waals surface area contributed by atoms with Crippen molar-refractivity contribution in [1.29, 1.82) is 0 Å². The monoisotopic (exact) mass is 194 g/mol. The van der Waals surface area contributed by atoms with Crippen molar-refractivity contribution in [2.75, 3.05) is 0 Å². The standard InChI is InChI=1S/C9H13F3O/c1-2-3-4-5-8(13)6-7-9(10,11)12/h1,8,13H,3-7H2. The van der Waals surface area contributed by atoms with E-state index in [0.717, 1.165) is 0 Å². The van der Waals surface area contributed by atoms with Crippen LogP contribution in [0.4, 0.5) is 13.2 Å². The molecule has 0 aliphatic rings. The molecule has 1 nitrogen and oxygen atoms in total. The van der Waals surface area contributed by atoms with Gasteiger partial charge in [-0.05, 0) is 19.3 Å². The number of hydrogen-bond donors (Lipinski definition) is 1. The summed E-state index contributed by atoms with van der Waals surface area (Å²) in [5, 5.41) is 9.07. The van der Waals surface area contributed by atoms with Crippen molar-refractivity contribution in [2.24, 2.45) is 0 Å². The van der Waals surface area contributed by atoms with Crippen molar-refractivity contribution in [2.45, 2.75) is 44.4 Å². The van der Waals surface area contributed by atoms with Gasteiger partial charge in [0.05, 0.1) is 6.10 Å². The molecule has 13 heavy (non-hydrogen) atoms.